The third-order valence-corrected chi connectivity index (χ3v) is 2.61. The van der Waals surface area contributed by atoms with E-state index in [1.54, 1.807) is 12.4 Å². The maximum absolute atomic E-state index is 9.62. The molecule has 0 aliphatic carbocycles. The molecule has 0 fully saturated rings. The van der Waals surface area contributed by atoms with Gasteiger partial charge in [-0.05, 0) is 6.42 Å². The number of hydrogen-bond acceptors (Lipinski definition) is 4. The molecule has 1 N–H and O–H groups in total. The maximum atomic E-state index is 9.62. The number of nitrogens with zero attached hydrogens (tertiary/aromatic N) is 3. The van der Waals surface area contributed by atoms with E-state index in [0.29, 0.717) is 18.1 Å². The first-order valence-corrected chi connectivity index (χ1v) is 6.15. The second-order valence-corrected chi connectivity index (χ2v) is 4.13. The molecule has 0 bridgehead atoms. The number of hydroxylamine groups is 2. The molecular formula is C14H17N3O. The molecule has 1 aromatic carbocycles. The summed E-state index contributed by atoms with van der Waals surface area (Å²) in [6.45, 7) is 2.70. The Labute approximate surface area is 107 Å². The minimum absolute atomic E-state index is 0.615. The smallest absolute Gasteiger partial charge is 0.159 e. The van der Waals surface area contributed by atoms with Crippen molar-refractivity contribution in [2.75, 3.05) is 6.54 Å². The van der Waals surface area contributed by atoms with Gasteiger partial charge in [0.25, 0.3) is 0 Å². The predicted molar refractivity (Wildman–Crippen MR) is 73.0 cm³/mol. The lowest BCUT2D eigenvalue weighted by Gasteiger charge is -2.10. The van der Waals surface area contributed by atoms with Crippen molar-refractivity contribution in [1.82, 2.24) is 5.06 Å². The van der Waals surface area contributed by atoms with Crippen molar-refractivity contribution in [1.29, 1.82) is 0 Å². The SMILES string of the molecule is CCCCN(O)/C=C1\C=NC(c2ccccc2)=N1. The minimum atomic E-state index is 0.615. The first-order chi connectivity index (χ1) is 8.79. The summed E-state index contributed by atoms with van der Waals surface area (Å²) in [4.78, 5) is 8.60. The van der Waals surface area contributed by atoms with E-state index in [4.69, 9.17) is 0 Å². The van der Waals surface area contributed by atoms with Gasteiger partial charge < -0.3 is 0 Å². The fourth-order valence-electron chi connectivity index (χ4n) is 1.63. The molecule has 4 heteroatoms. The van der Waals surface area contributed by atoms with Crippen molar-refractivity contribution in [2.24, 2.45) is 9.98 Å². The van der Waals surface area contributed by atoms with E-state index >= 15 is 0 Å². The first kappa shape index (κ1) is 12.5. The summed E-state index contributed by atoms with van der Waals surface area (Å²) < 4.78 is 0. The van der Waals surface area contributed by atoms with Gasteiger partial charge in [0.2, 0.25) is 0 Å². The highest BCUT2D eigenvalue weighted by atomic mass is 16.5. The van der Waals surface area contributed by atoms with Crippen LogP contribution in [0.15, 0.2) is 52.2 Å². The quantitative estimate of drug-likeness (QED) is 0.808. The predicted octanol–water partition coefficient (Wildman–Crippen LogP) is 2.85. The highest BCUT2D eigenvalue weighted by molar-refractivity contribution is 6.10. The van der Waals surface area contributed by atoms with Gasteiger partial charge in [-0.1, -0.05) is 43.7 Å². The van der Waals surface area contributed by atoms with E-state index in [1.807, 2.05) is 30.3 Å². The summed E-state index contributed by atoms with van der Waals surface area (Å²) in [6, 6.07) is 9.79. The van der Waals surface area contributed by atoms with E-state index in [2.05, 4.69) is 16.9 Å². The molecule has 94 valence electrons. The number of amidine groups is 1. The normalized spacial score (nSPS) is 16.1. The van der Waals surface area contributed by atoms with E-state index in [0.717, 1.165) is 18.4 Å². The second-order valence-electron chi connectivity index (χ2n) is 4.13. The summed E-state index contributed by atoms with van der Waals surface area (Å²) >= 11 is 0. The third kappa shape index (κ3) is 3.28. The average molecular weight is 243 g/mol. The molecule has 0 unspecified atom stereocenters. The van der Waals surface area contributed by atoms with Crippen LogP contribution >= 0.6 is 0 Å². The van der Waals surface area contributed by atoms with E-state index in [1.165, 1.54) is 5.06 Å². The molecule has 0 saturated heterocycles. The van der Waals surface area contributed by atoms with Crippen LogP contribution in [0.4, 0.5) is 0 Å². The molecule has 0 atom stereocenters. The first-order valence-electron chi connectivity index (χ1n) is 6.15. The number of allylic oxidation sites excluding steroid dienone is 1. The molecule has 0 saturated carbocycles. The average Bonchev–Trinajstić information content (AvgIpc) is 2.86. The summed E-state index contributed by atoms with van der Waals surface area (Å²) in [5.41, 5.74) is 1.66. The van der Waals surface area contributed by atoms with Gasteiger partial charge in [0, 0.05) is 12.1 Å². The van der Waals surface area contributed by atoms with Crippen LogP contribution in [0.2, 0.25) is 0 Å². The Hall–Kier alpha value is -1.94. The Bertz CT molecular complexity index is 477. The van der Waals surface area contributed by atoms with Crippen LogP contribution in [0.3, 0.4) is 0 Å². The second kappa shape index (κ2) is 6.12. The minimum Gasteiger partial charge on any atom is -0.289 e. The van der Waals surface area contributed by atoms with Crippen LogP contribution in [0.5, 0.6) is 0 Å². The van der Waals surface area contributed by atoms with Crippen LogP contribution in [0.25, 0.3) is 0 Å². The van der Waals surface area contributed by atoms with Gasteiger partial charge in [0.15, 0.2) is 5.84 Å². The summed E-state index contributed by atoms with van der Waals surface area (Å²) in [5.74, 6) is 0.686. The van der Waals surface area contributed by atoms with Crippen molar-refractivity contribution >= 4 is 12.1 Å². The van der Waals surface area contributed by atoms with Crippen LogP contribution in [-0.4, -0.2) is 28.9 Å². The Balaban J connectivity index is 2.05. The van der Waals surface area contributed by atoms with Crippen molar-refractivity contribution in [2.45, 2.75) is 19.8 Å². The molecule has 0 aromatic heterocycles. The maximum Gasteiger partial charge on any atom is 0.159 e. The van der Waals surface area contributed by atoms with E-state index in [-0.39, 0.29) is 0 Å². The van der Waals surface area contributed by atoms with Crippen molar-refractivity contribution in [3.8, 4) is 0 Å². The molecule has 1 aliphatic heterocycles. The molecule has 0 spiro atoms. The van der Waals surface area contributed by atoms with Crippen LogP contribution in [0.1, 0.15) is 25.3 Å². The van der Waals surface area contributed by atoms with E-state index < -0.39 is 0 Å². The lowest BCUT2D eigenvalue weighted by atomic mass is 10.2. The number of rotatable bonds is 5. The molecule has 0 amide bonds. The van der Waals surface area contributed by atoms with Gasteiger partial charge in [0.05, 0.1) is 12.4 Å². The fraction of sp³-hybridized carbons (Fsp3) is 0.286. The van der Waals surface area contributed by atoms with Gasteiger partial charge in [-0.25, -0.2) is 9.98 Å². The Morgan fingerprint density at radius 2 is 2.06 bits per heavy atom. The van der Waals surface area contributed by atoms with Gasteiger partial charge in [-0.15, -0.1) is 0 Å². The van der Waals surface area contributed by atoms with Crippen molar-refractivity contribution in [3.05, 3.63) is 47.8 Å². The number of unbranched alkanes of at least 4 members (excludes halogenated alkanes) is 1. The Morgan fingerprint density at radius 1 is 1.28 bits per heavy atom. The number of benzene rings is 1. The molecule has 0 radical (unpaired) electrons. The number of aliphatic imine (C=N–C) groups is 2. The summed E-state index contributed by atoms with van der Waals surface area (Å²) in [7, 11) is 0. The van der Waals surface area contributed by atoms with Gasteiger partial charge in [-0.2, -0.15) is 0 Å². The molecule has 1 aliphatic rings. The standard InChI is InChI=1S/C14H17N3O/c1-2-3-9-17(18)11-13-10-15-14(16-13)12-7-5-4-6-8-12/h4-8,10-11,18H,2-3,9H2,1H3/b13-11+. The third-order valence-electron chi connectivity index (χ3n) is 2.61. The highest BCUT2D eigenvalue weighted by Gasteiger charge is 2.08. The van der Waals surface area contributed by atoms with Gasteiger partial charge in [-0.3, -0.25) is 10.3 Å². The Kier molecular flexibility index (Phi) is 4.25. The fourth-order valence-corrected chi connectivity index (χ4v) is 1.63. The highest BCUT2D eigenvalue weighted by Crippen LogP contribution is 2.11. The lowest BCUT2D eigenvalue weighted by molar-refractivity contribution is -0.0419. The zero-order chi connectivity index (χ0) is 12.8. The zero-order valence-corrected chi connectivity index (χ0v) is 10.5. The molecule has 1 aromatic rings. The Morgan fingerprint density at radius 3 is 2.78 bits per heavy atom. The van der Waals surface area contributed by atoms with Crippen LogP contribution in [0, 0.1) is 0 Å². The van der Waals surface area contributed by atoms with E-state index in [9.17, 15) is 5.21 Å². The van der Waals surface area contributed by atoms with Crippen molar-refractivity contribution in [3.63, 3.8) is 0 Å². The van der Waals surface area contributed by atoms with Crippen LogP contribution in [-0.2, 0) is 0 Å². The van der Waals surface area contributed by atoms with Crippen molar-refractivity contribution < 1.29 is 5.21 Å². The molecule has 2 rings (SSSR count). The zero-order valence-electron chi connectivity index (χ0n) is 10.5. The van der Waals surface area contributed by atoms with Gasteiger partial charge >= 0.3 is 0 Å². The topological polar surface area (TPSA) is 48.2 Å². The molecule has 1 heterocycles. The lowest BCUT2D eigenvalue weighted by Crippen LogP contribution is -2.13. The van der Waals surface area contributed by atoms with Gasteiger partial charge in [0.1, 0.15) is 5.70 Å². The molecule has 18 heavy (non-hydrogen) atoms. The summed E-state index contributed by atoms with van der Waals surface area (Å²) in [5, 5.41) is 10.8. The molecule has 4 nitrogen and oxygen atoms in total. The monoisotopic (exact) mass is 243 g/mol. The summed E-state index contributed by atoms with van der Waals surface area (Å²) in [6.07, 6.45) is 5.27. The number of hydrogen-bond donors (Lipinski definition) is 1. The molecular weight excluding hydrogens is 226 g/mol. The largest absolute Gasteiger partial charge is 0.289 e. The van der Waals surface area contributed by atoms with Crippen LogP contribution < -0.4 is 0 Å².